The van der Waals surface area contributed by atoms with E-state index in [1.165, 1.54) is 39.3 Å². The van der Waals surface area contributed by atoms with E-state index in [4.69, 9.17) is 4.74 Å². The number of hydrogen-bond donors (Lipinski definition) is 1. The van der Waals surface area contributed by atoms with Crippen molar-refractivity contribution < 1.29 is 9.53 Å². The van der Waals surface area contributed by atoms with Gasteiger partial charge in [0, 0.05) is 17.0 Å². The van der Waals surface area contributed by atoms with Gasteiger partial charge in [0.1, 0.15) is 18.1 Å². The molecule has 7 nitrogen and oxygen atoms in total. The van der Waals surface area contributed by atoms with Crippen molar-refractivity contribution in [2.45, 2.75) is 27.3 Å². The maximum absolute atomic E-state index is 12.7. The van der Waals surface area contributed by atoms with Gasteiger partial charge in [0.05, 0.1) is 12.2 Å². The lowest BCUT2D eigenvalue weighted by atomic mass is 9.99. The molecule has 0 bridgehead atoms. The minimum absolute atomic E-state index is 0.133. The first-order chi connectivity index (χ1) is 15.9. The molecule has 1 amide bonds. The van der Waals surface area contributed by atoms with Crippen LogP contribution >= 0.6 is 11.3 Å². The van der Waals surface area contributed by atoms with Gasteiger partial charge in [0.2, 0.25) is 0 Å². The molecule has 2 heterocycles. The molecule has 2 aromatic heterocycles. The number of ether oxygens (including phenoxy) is 1. The van der Waals surface area contributed by atoms with Crippen LogP contribution in [0.2, 0.25) is 0 Å². The van der Waals surface area contributed by atoms with Crippen LogP contribution in [0.25, 0.3) is 11.3 Å². The normalized spacial score (nSPS) is 10.8. The number of carbonyl (C=O) groups excluding carboxylic acids is 1. The zero-order valence-corrected chi connectivity index (χ0v) is 19.5. The van der Waals surface area contributed by atoms with E-state index < -0.39 is 5.91 Å². The van der Waals surface area contributed by atoms with E-state index >= 15 is 0 Å². The van der Waals surface area contributed by atoms with Crippen LogP contribution in [-0.2, 0) is 6.54 Å². The van der Waals surface area contributed by atoms with Crippen LogP contribution in [0.5, 0.6) is 5.75 Å². The largest absolute Gasteiger partial charge is 0.492 e. The third-order valence-corrected chi connectivity index (χ3v) is 6.01. The van der Waals surface area contributed by atoms with Gasteiger partial charge < -0.3 is 4.74 Å². The minimum Gasteiger partial charge on any atom is -0.492 e. The van der Waals surface area contributed by atoms with Crippen LogP contribution in [0.15, 0.2) is 64.8 Å². The Morgan fingerprint density at radius 1 is 1.03 bits per heavy atom. The molecule has 4 aromatic rings. The molecule has 2 aromatic carbocycles. The minimum atomic E-state index is -0.426. The van der Waals surface area contributed by atoms with Crippen molar-refractivity contribution in [2.24, 2.45) is 0 Å². The Morgan fingerprint density at radius 2 is 1.79 bits per heavy atom. The smallest absolute Gasteiger partial charge is 0.277 e. The monoisotopic (exact) mass is 460 g/mol. The molecule has 0 saturated heterocycles. The lowest BCUT2D eigenvalue weighted by molar-refractivity contribution is 0.101. The first kappa shape index (κ1) is 22.4. The fraction of sp³-hybridized carbons (Fsp3) is 0.200. The molecule has 1 N–H and O–H groups in total. The molecule has 0 aliphatic rings. The van der Waals surface area contributed by atoms with E-state index in [1.807, 2.05) is 42.6 Å². The summed E-state index contributed by atoms with van der Waals surface area (Å²) in [5.41, 5.74) is 5.24. The van der Waals surface area contributed by atoms with E-state index in [0.29, 0.717) is 10.9 Å². The summed E-state index contributed by atoms with van der Waals surface area (Å²) in [4.78, 5) is 29.4. The average molecular weight is 461 g/mol. The fourth-order valence-electron chi connectivity index (χ4n) is 3.35. The summed E-state index contributed by atoms with van der Waals surface area (Å²) < 4.78 is 6.85. The number of aryl methyl sites for hydroxylation is 3. The highest BCUT2D eigenvalue weighted by molar-refractivity contribution is 7.14. The number of anilines is 1. The summed E-state index contributed by atoms with van der Waals surface area (Å²) in [7, 11) is 0. The second-order valence-electron chi connectivity index (χ2n) is 7.68. The van der Waals surface area contributed by atoms with Crippen molar-refractivity contribution in [3.8, 4) is 17.0 Å². The number of para-hydroxylation sites is 1. The first-order valence-electron chi connectivity index (χ1n) is 10.5. The van der Waals surface area contributed by atoms with E-state index in [9.17, 15) is 9.59 Å². The average Bonchev–Trinajstić information content (AvgIpc) is 3.26. The van der Waals surface area contributed by atoms with Gasteiger partial charge in [-0.05, 0) is 61.7 Å². The third kappa shape index (κ3) is 5.35. The molecule has 0 spiro atoms. The van der Waals surface area contributed by atoms with Crippen LogP contribution in [-0.4, -0.2) is 27.3 Å². The van der Waals surface area contributed by atoms with Gasteiger partial charge in [0.25, 0.3) is 11.5 Å². The van der Waals surface area contributed by atoms with E-state index in [0.717, 1.165) is 16.8 Å². The highest BCUT2D eigenvalue weighted by atomic mass is 32.1. The zero-order valence-electron chi connectivity index (χ0n) is 18.7. The molecule has 33 heavy (non-hydrogen) atoms. The van der Waals surface area contributed by atoms with E-state index in [1.54, 1.807) is 0 Å². The van der Waals surface area contributed by atoms with Crippen molar-refractivity contribution in [2.75, 3.05) is 11.9 Å². The van der Waals surface area contributed by atoms with Crippen LogP contribution in [0.3, 0.4) is 0 Å². The number of hydrogen-bond acceptors (Lipinski definition) is 6. The Labute approximate surface area is 195 Å². The number of aromatic nitrogens is 3. The summed E-state index contributed by atoms with van der Waals surface area (Å²) in [5, 5.41) is 9.36. The summed E-state index contributed by atoms with van der Waals surface area (Å²) in [6.45, 7) is 6.68. The number of nitrogens with one attached hydrogen (secondary N) is 1. The molecule has 0 aliphatic carbocycles. The van der Waals surface area contributed by atoms with Gasteiger partial charge >= 0.3 is 0 Å². The molecule has 0 radical (unpaired) electrons. The Kier molecular flexibility index (Phi) is 6.65. The van der Waals surface area contributed by atoms with Crippen LogP contribution in [0, 0.1) is 20.8 Å². The lowest BCUT2D eigenvalue weighted by Gasteiger charge is -2.09. The maximum Gasteiger partial charge on any atom is 0.277 e. The third-order valence-electron chi connectivity index (χ3n) is 5.26. The Morgan fingerprint density at radius 3 is 2.58 bits per heavy atom. The second kappa shape index (κ2) is 9.79. The Hall–Kier alpha value is -3.78. The lowest BCUT2D eigenvalue weighted by Crippen LogP contribution is -2.28. The second-order valence-corrected chi connectivity index (χ2v) is 8.54. The van der Waals surface area contributed by atoms with E-state index in [2.05, 4.69) is 41.4 Å². The molecule has 0 fully saturated rings. The van der Waals surface area contributed by atoms with Crippen molar-refractivity contribution in [3.63, 3.8) is 0 Å². The van der Waals surface area contributed by atoms with Gasteiger partial charge in [0.15, 0.2) is 5.13 Å². The molecule has 8 heteroatoms. The van der Waals surface area contributed by atoms with Gasteiger partial charge in [-0.1, -0.05) is 24.3 Å². The predicted octanol–water partition coefficient (Wildman–Crippen LogP) is 4.62. The summed E-state index contributed by atoms with van der Waals surface area (Å²) in [6.07, 6.45) is 0. The molecular formula is C25H24N4O3S. The van der Waals surface area contributed by atoms with Crippen molar-refractivity contribution >= 4 is 22.4 Å². The van der Waals surface area contributed by atoms with Gasteiger partial charge in [-0.3, -0.25) is 14.9 Å². The molecule has 0 atom stereocenters. The standard InChI is InChI=1S/C25H24N4O3S/c1-16-13-18(3)20(14-17(16)2)22-15-33-25(26-22)27-24(31)21-9-10-23(30)29(28-21)11-12-32-19-7-5-4-6-8-19/h4-10,13-15H,11-12H2,1-3H3,(H,26,27,31). The zero-order chi connectivity index (χ0) is 23.4. The first-order valence-corrected chi connectivity index (χ1v) is 11.4. The number of carbonyl (C=O) groups is 1. The van der Waals surface area contributed by atoms with E-state index in [-0.39, 0.29) is 24.4 Å². The molecule has 0 aliphatic heterocycles. The highest BCUT2D eigenvalue weighted by Gasteiger charge is 2.14. The topological polar surface area (TPSA) is 86.1 Å². The summed E-state index contributed by atoms with van der Waals surface area (Å²) in [5.74, 6) is 0.281. The number of rotatable bonds is 7. The number of benzene rings is 2. The Bertz CT molecular complexity index is 1350. The van der Waals surface area contributed by atoms with Crippen LogP contribution in [0.4, 0.5) is 5.13 Å². The molecule has 4 rings (SSSR count). The SMILES string of the molecule is Cc1cc(C)c(-c2csc(NC(=O)c3ccc(=O)n(CCOc4ccccc4)n3)n2)cc1C. The van der Waals surface area contributed by atoms with Gasteiger partial charge in [-0.25, -0.2) is 9.67 Å². The molecule has 0 saturated carbocycles. The predicted molar refractivity (Wildman–Crippen MR) is 130 cm³/mol. The van der Waals surface area contributed by atoms with Gasteiger partial charge in [-0.15, -0.1) is 11.3 Å². The van der Waals surface area contributed by atoms with Crippen molar-refractivity contribution in [1.82, 2.24) is 14.8 Å². The fourth-order valence-corrected chi connectivity index (χ4v) is 4.05. The van der Waals surface area contributed by atoms with Gasteiger partial charge in [-0.2, -0.15) is 5.10 Å². The van der Waals surface area contributed by atoms with Crippen molar-refractivity contribution in [1.29, 1.82) is 0 Å². The Balaban J connectivity index is 1.44. The number of thiazole rings is 1. The summed E-state index contributed by atoms with van der Waals surface area (Å²) >= 11 is 1.35. The summed E-state index contributed by atoms with van der Waals surface area (Å²) in [6, 6.07) is 16.3. The van der Waals surface area contributed by atoms with Crippen molar-refractivity contribution in [3.05, 3.63) is 92.7 Å². The number of amides is 1. The molecule has 0 unspecified atom stereocenters. The van der Waals surface area contributed by atoms with Crippen LogP contribution in [0.1, 0.15) is 27.2 Å². The maximum atomic E-state index is 12.7. The highest BCUT2D eigenvalue weighted by Crippen LogP contribution is 2.29. The molecular weight excluding hydrogens is 436 g/mol. The number of nitrogens with zero attached hydrogens (tertiary/aromatic N) is 3. The molecule has 168 valence electrons. The quantitative estimate of drug-likeness (QED) is 0.435. The van der Waals surface area contributed by atoms with Crippen LogP contribution < -0.4 is 15.6 Å².